The number of carbonyl (C=O) groups is 2. The molecule has 0 fully saturated rings. The van der Waals surface area contributed by atoms with Gasteiger partial charge in [0.25, 0.3) is 0 Å². The van der Waals surface area contributed by atoms with Crippen molar-refractivity contribution < 1.29 is 9.59 Å². The lowest BCUT2D eigenvalue weighted by Crippen LogP contribution is -2.41. The van der Waals surface area contributed by atoms with E-state index in [2.05, 4.69) is 19.9 Å². The Bertz CT molecular complexity index is 536. The van der Waals surface area contributed by atoms with Crippen LogP contribution in [0.3, 0.4) is 0 Å². The fourth-order valence-corrected chi connectivity index (χ4v) is 3.17. The Morgan fingerprint density at radius 3 is 2.45 bits per heavy atom. The second-order valence-corrected chi connectivity index (χ2v) is 6.00. The summed E-state index contributed by atoms with van der Waals surface area (Å²) in [5.74, 6) is -0.134. The zero-order chi connectivity index (χ0) is 16.1. The van der Waals surface area contributed by atoms with Crippen LogP contribution in [0.1, 0.15) is 45.6 Å². The molecular formula is C18H26N2O2. The molecule has 0 saturated carbocycles. The van der Waals surface area contributed by atoms with Gasteiger partial charge in [0, 0.05) is 24.8 Å². The van der Waals surface area contributed by atoms with E-state index in [0.29, 0.717) is 0 Å². The highest BCUT2D eigenvalue weighted by atomic mass is 16.2. The highest BCUT2D eigenvalue weighted by Crippen LogP contribution is 2.32. The van der Waals surface area contributed by atoms with Crippen molar-refractivity contribution in [3.8, 4) is 0 Å². The number of benzene rings is 1. The Labute approximate surface area is 133 Å². The molecule has 1 unspecified atom stereocenters. The Kier molecular flexibility index (Phi) is 5.58. The van der Waals surface area contributed by atoms with Gasteiger partial charge in [-0.2, -0.15) is 0 Å². The van der Waals surface area contributed by atoms with Gasteiger partial charge in [0.05, 0.1) is 0 Å². The van der Waals surface area contributed by atoms with E-state index in [1.165, 1.54) is 5.56 Å². The van der Waals surface area contributed by atoms with E-state index in [-0.39, 0.29) is 24.3 Å². The molecule has 4 nitrogen and oxygen atoms in total. The minimum Gasteiger partial charge on any atom is -0.342 e. The zero-order valence-electron chi connectivity index (χ0n) is 13.8. The van der Waals surface area contributed by atoms with E-state index >= 15 is 0 Å². The monoisotopic (exact) mass is 302 g/mol. The van der Waals surface area contributed by atoms with Crippen molar-refractivity contribution in [2.24, 2.45) is 0 Å². The lowest BCUT2D eigenvalue weighted by atomic mass is 10.1. The molecule has 2 rings (SSSR count). The Balaban J connectivity index is 2.07. The number of rotatable bonds is 6. The van der Waals surface area contributed by atoms with Crippen molar-refractivity contribution in [2.75, 3.05) is 18.0 Å². The minimum atomic E-state index is -0.0837. The summed E-state index contributed by atoms with van der Waals surface area (Å²) in [6.07, 6.45) is 2.67. The van der Waals surface area contributed by atoms with Crippen molar-refractivity contribution in [2.45, 2.75) is 52.5 Å². The lowest BCUT2D eigenvalue weighted by molar-refractivity contribution is -0.135. The molecule has 0 radical (unpaired) electrons. The number of para-hydroxylation sites is 1. The van der Waals surface area contributed by atoms with Crippen LogP contribution in [0.15, 0.2) is 24.3 Å². The molecular weight excluding hydrogens is 276 g/mol. The standard InChI is InChI=1S/C18H26N2O2/c1-4-10-19(11-5-2)17(21)13-18(22)20-14(3)12-15-8-6-7-9-16(15)20/h6-9,14H,4-5,10-13H2,1-3H3. The fourth-order valence-electron chi connectivity index (χ4n) is 3.17. The average molecular weight is 302 g/mol. The van der Waals surface area contributed by atoms with Gasteiger partial charge in [-0.3, -0.25) is 9.59 Å². The van der Waals surface area contributed by atoms with Gasteiger partial charge in [0.15, 0.2) is 0 Å². The number of anilines is 1. The molecule has 1 aliphatic heterocycles. The number of fused-ring (bicyclic) bond motifs is 1. The molecule has 1 atom stereocenters. The zero-order valence-corrected chi connectivity index (χ0v) is 13.8. The van der Waals surface area contributed by atoms with E-state index < -0.39 is 0 Å². The summed E-state index contributed by atoms with van der Waals surface area (Å²) in [6, 6.07) is 8.09. The van der Waals surface area contributed by atoms with Gasteiger partial charge < -0.3 is 9.80 Å². The molecule has 1 aromatic rings. The first-order chi connectivity index (χ1) is 10.6. The van der Waals surface area contributed by atoms with Crippen LogP contribution >= 0.6 is 0 Å². The van der Waals surface area contributed by atoms with Crippen molar-refractivity contribution in [1.29, 1.82) is 0 Å². The maximum absolute atomic E-state index is 12.6. The molecule has 1 heterocycles. The molecule has 1 aromatic carbocycles. The van der Waals surface area contributed by atoms with Crippen LogP contribution in [-0.2, 0) is 16.0 Å². The second-order valence-electron chi connectivity index (χ2n) is 6.00. The third-order valence-corrected chi connectivity index (χ3v) is 4.12. The molecule has 2 amide bonds. The maximum Gasteiger partial charge on any atom is 0.236 e. The third kappa shape index (κ3) is 3.49. The van der Waals surface area contributed by atoms with Crippen molar-refractivity contribution >= 4 is 17.5 Å². The highest BCUT2D eigenvalue weighted by Gasteiger charge is 2.32. The molecule has 4 heteroatoms. The molecule has 1 aliphatic rings. The van der Waals surface area contributed by atoms with E-state index in [0.717, 1.165) is 38.0 Å². The van der Waals surface area contributed by atoms with Crippen LogP contribution in [-0.4, -0.2) is 35.8 Å². The van der Waals surface area contributed by atoms with Crippen LogP contribution < -0.4 is 4.90 Å². The SMILES string of the molecule is CCCN(CCC)C(=O)CC(=O)N1c2ccccc2CC1C. The molecule has 120 valence electrons. The van der Waals surface area contributed by atoms with Gasteiger partial charge in [-0.05, 0) is 37.8 Å². The molecule has 0 saturated heterocycles. The Hall–Kier alpha value is -1.84. The van der Waals surface area contributed by atoms with Crippen LogP contribution in [0.25, 0.3) is 0 Å². The molecule has 0 bridgehead atoms. The Morgan fingerprint density at radius 1 is 1.18 bits per heavy atom. The fraction of sp³-hybridized carbons (Fsp3) is 0.556. The van der Waals surface area contributed by atoms with Crippen molar-refractivity contribution in [3.63, 3.8) is 0 Å². The number of nitrogens with zero attached hydrogens (tertiary/aromatic N) is 2. The van der Waals surface area contributed by atoms with E-state index in [4.69, 9.17) is 0 Å². The summed E-state index contributed by atoms with van der Waals surface area (Å²) >= 11 is 0. The van der Waals surface area contributed by atoms with Gasteiger partial charge in [-0.25, -0.2) is 0 Å². The molecule has 0 aliphatic carbocycles. The molecule has 22 heavy (non-hydrogen) atoms. The first-order valence-corrected chi connectivity index (χ1v) is 8.26. The average Bonchev–Trinajstić information content (AvgIpc) is 2.82. The van der Waals surface area contributed by atoms with Gasteiger partial charge in [-0.15, -0.1) is 0 Å². The van der Waals surface area contributed by atoms with Gasteiger partial charge >= 0.3 is 0 Å². The minimum absolute atomic E-state index is 0.0291. The topological polar surface area (TPSA) is 40.6 Å². The van der Waals surface area contributed by atoms with Gasteiger partial charge in [0.1, 0.15) is 6.42 Å². The smallest absolute Gasteiger partial charge is 0.236 e. The van der Waals surface area contributed by atoms with Crippen LogP contribution in [0, 0.1) is 0 Å². The van der Waals surface area contributed by atoms with E-state index in [1.54, 1.807) is 4.90 Å². The normalized spacial score (nSPS) is 16.5. The molecule has 0 spiro atoms. The van der Waals surface area contributed by atoms with Crippen LogP contribution in [0.5, 0.6) is 0 Å². The van der Waals surface area contributed by atoms with Crippen LogP contribution in [0.2, 0.25) is 0 Å². The lowest BCUT2D eigenvalue weighted by Gasteiger charge is -2.25. The van der Waals surface area contributed by atoms with E-state index in [9.17, 15) is 9.59 Å². The summed E-state index contributed by atoms with van der Waals surface area (Å²) in [5.41, 5.74) is 2.15. The van der Waals surface area contributed by atoms with Crippen molar-refractivity contribution in [1.82, 2.24) is 4.90 Å². The van der Waals surface area contributed by atoms with Crippen LogP contribution in [0.4, 0.5) is 5.69 Å². The number of hydrogen-bond donors (Lipinski definition) is 0. The third-order valence-electron chi connectivity index (χ3n) is 4.12. The summed E-state index contributed by atoms with van der Waals surface area (Å²) in [4.78, 5) is 28.6. The van der Waals surface area contributed by atoms with Gasteiger partial charge in [0.2, 0.25) is 11.8 Å². The molecule has 0 aromatic heterocycles. The first-order valence-electron chi connectivity index (χ1n) is 8.26. The predicted molar refractivity (Wildman–Crippen MR) is 88.9 cm³/mol. The Morgan fingerprint density at radius 2 is 1.82 bits per heavy atom. The predicted octanol–water partition coefficient (Wildman–Crippen LogP) is 3.00. The van der Waals surface area contributed by atoms with Gasteiger partial charge in [-0.1, -0.05) is 32.0 Å². The maximum atomic E-state index is 12.6. The first kappa shape index (κ1) is 16.5. The summed E-state index contributed by atoms with van der Waals surface area (Å²) in [6.45, 7) is 7.60. The molecule has 0 N–H and O–H groups in total. The number of amides is 2. The quantitative estimate of drug-likeness (QED) is 0.758. The highest BCUT2D eigenvalue weighted by molar-refractivity contribution is 6.06. The number of hydrogen-bond acceptors (Lipinski definition) is 2. The summed E-state index contributed by atoms with van der Waals surface area (Å²) < 4.78 is 0. The van der Waals surface area contributed by atoms with E-state index in [1.807, 2.05) is 30.0 Å². The van der Waals surface area contributed by atoms with Crippen molar-refractivity contribution in [3.05, 3.63) is 29.8 Å². The second kappa shape index (κ2) is 7.43. The largest absolute Gasteiger partial charge is 0.342 e. The summed E-state index contributed by atoms with van der Waals surface area (Å²) in [5, 5.41) is 0. The summed E-state index contributed by atoms with van der Waals surface area (Å²) in [7, 11) is 0. The number of carbonyl (C=O) groups excluding carboxylic acids is 2.